The number of alkyl carbamates (subject to hydrolysis) is 1. The van der Waals surface area contributed by atoms with Gasteiger partial charge in [-0.05, 0) is 76.3 Å². The summed E-state index contributed by atoms with van der Waals surface area (Å²) in [6.07, 6.45) is 3.59. The molecule has 2 rings (SSSR count). The van der Waals surface area contributed by atoms with Crippen molar-refractivity contribution in [3.63, 3.8) is 0 Å². The minimum atomic E-state index is -0.404. The van der Waals surface area contributed by atoms with Gasteiger partial charge in [-0.3, -0.25) is 4.79 Å². The second-order valence-electron chi connectivity index (χ2n) is 13.3. The van der Waals surface area contributed by atoms with Crippen LogP contribution in [0.2, 0.25) is 0 Å². The van der Waals surface area contributed by atoms with Crippen LogP contribution in [0.1, 0.15) is 108 Å². The number of aromatic hydroxyl groups is 2. The summed E-state index contributed by atoms with van der Waals surface area (Å²) in [6.45, 7) is 18.3. The third-order valence-electron chi connectivity index (χ3n) is 7.20. The number of ether oxygens (including phenoxy) is 2. The van der Waals surface area contributed by atoms with Gasteiger partial charge in [0.25, 0.3) is 0 Å². The van der Waals surface area contributed by atoms with E-state index in [0.717, 1.165) is 46.2 Å². The van der Waals surface area contributed by atoms with Crippen molar-refractivity contribution in [1.29, 1.82) is 0 Å². The van der Waals surface area contributed by atoms with Gasteiger partial charge in [0.15, 0.2) is 0 Å². The molecule has 0 aliphatic heterocycles. The van der Waals surface area contributed by atoms with Crippen molar-refractivity contribution in [3.8, 4) is 11.5 Å². The molecule has 0 radical (unpaired) electrons. The maximum atomic E-state index is 11.9. The van der Waals surface area contributed by atoms with E-state index in [9.17, 15) is 19.8 Å². The molecule has 0 aromatic heterocycles. The van der Waals surface area contributed by atoms with Crippen molar-refractivity contribution >= 4 is 12.0 Å². The lowest BCUT2D eigenvalue weighted by molar-refractivity contribution is -0.125. The first-order valence-electron chi connectivity index (χ1n) is 15.6. The van der Waals surface area contributed by atoms with Gasteiger partial charge in [-0.25, -0.2) is 4.79 Å². The Kier molecular flexibility index (Phi) is 13.8. The summed E-state index contributed by atoms with van der Waals surface area (Å²) in [5, 5.41) is 28.3. The van der Waals surface area contributed by atoms with E-state index in [1.807, 2.05) is 38.1 Å². The van der Waals surface area contributed by atoms with Crippen molar-refractivity contribution in [2.75, 3.05) is 32.9 Å². The van der Waals surface area contributed by atoms with Crippen molar-refractivity contribution in [3.05, 3.63) is 57.6 Å². The Morgan fingerprint density at radius 2 is 1.26 bits per heavy atom. The first-order valence-corrected chi connectivity index (χ1v) is 15.6. The van der Waals surface area contributed by atoms with Crippen LogP contribution < -0.4 is 10.6 Å². The maximum Gasteiger partial charge on any atom is 0.407 e. The molecular weight excluding hydrogens is 544 g/mol. The Labute approximate surface area is 258 Å². The van der Waals surface area contributed by atoms with Gasteiger partial charge in [0.05, 0.1) is 13.2 Å². The molecule has 0 heterocycles. The first-order chi connectivity index (χ1) is 20.2. The van der Waals surface area contributed by atoms with Gasteiger partial charge in [-0.2, -0.15) is 0 Å². The van der Waals surface area contributed by atoms with E-state index in [1.54, 1.807) is 0 Å². The molecule has 0 aliphatic rings. The van der Waals surface area contributed by atoms with Gasteiger partial charge in [0.2, 0.25) is 5.91 Å². The minimum Gasteiger partial charge on any atom is -0.507 e. The maximum absolute atomic E-state index is 11.9. The molecule has 0 fully saturated rings. The monoisotopic (exact) mass is 598 g/mol. The topological polar surface area (TPSA) is 117 Å². The highest BCUT2D eigenvalue weighted by molar-refractivity contribution is 5.77. The fourth-order valence-corrected chi connectivity index (χ4v) is 4.82. The van der Waals surface area contributed by atoms with Crippen molar-refractivity contribution < 1.29 is 29.3 Å². The molecule has 2 amide bonds. The third-order valence-corrected chi connectivity index (χ3v) is 7.20. The number of amides is 2. The van der Waals surface area contributed by atoms with Crippen LogP contribution in [0.5, 0.6) is 11.5 Å². The minimum absolute atomic E-state index is 0.0156. The van der Waals surface area contributed by atoms with Crippen molar-refractivity contribution in [2.24, 2.45) is 0 Å². The molecule has 2 aromatic carbocycles. The van der Waals surface area contributed by atoms with E-state index in [2.05, 4.69) is 52.2 Å². The van der Waals surface area contributed by atoms with Gasteiger partial charge in [0.1, 0.15) is 18.1 Å². The summed E-state index contributed by atoms with van der Waals surface area (Å²) in [6, 6.07) is 7.99. The second-order valence-corrected chi connectivity index (χ2v) is 13.3. The SMILES string of the molecule is CCCNC(=O)COCCc1cc(Cc2cc(CCCOC(=O)NCCC)cc(C(C)(C)C)c2O)c(O)c(C(C)(C)C)c1. The molecule has 0 aliphatic carbocycles. The van der Waals surface area contributed by atoms with E-state index >= 15 is 0 Å². The quantitative estimate of drug-likeness (QED) is 0.175. The molecule has 8 heteroatoms. The Balaban J connectivity index is 2.31. The van der Waals surface area contributed by atoms with E-state index in [1.165, 1.54) is 0 Å². The van der Waals surface area contributed by atoms with Gasteiger partial charge >= 0.3 is 6.09 Å². The summed E-state index contributed by atoms with van der Waals surface area (Å²) in [4.78, 5) is 23.7. The molecule has 240 valence electrons. The van der Waals surface area contributed by atoms with Crippen LogP contribution in [0.4, 0.5) is 4.79 Å². The van der Waals surface area contributed by atoms with Gasteiger partial charge in [-0.1, -0.05) is 79.7 Å². The summed E-state index contributed by atoms with van der Waals surface area (Å²) >= 11 is 0. The molecule has 0 saturated carbocycles. The number of phenols is 2. The molecule has 0 saturated heterocycles. The highest BCUT2D eigenvalue weighted by Crippen LogP contribution is 2.39. The Morgan fingerprint density at radius 3 is 1.77 bits per heavy atom. The summed E-state index contributed by atoms with van der Waals surface area (Å²) in [5.41, 5.74) is 4.56. The highest BCUT2D eigenvalue weighted by Gasteiger charge is 2.25. The largest absolute Gasteiger partial charge is 0.507 e. The smallest absolute Gasteiger partial charge is 0.407 e. The standard InChI is InChI=1S/C35H54N2O6/c1-9-14-36-30(38)23-42-17-13-25-19-27(32(40)29(21-25)35(6,7)8)22-26-18-24(20-28(31(26)39)34(3,4)5)12-11-16-43-33(41)37-15-10-2/h18-21,39-40H,9-17,22-23H2,1-8H3,(H,36,38)(H,37,41). The number of carbonyl (C=O) groups excluding carboxylic acids is 2. The van der Waals surface area contributed by atoms with Crippen LogP contribution in [-0.4, -0.2) is 55.1 Å². The zero-order valence-electron chi connectivity index (χ0n) is 27.6. The van der Waals surface area contributed by atoms with Crippen LogP contribution in [0, 0.1) is 0 Å². The fourth-order valence-electron chi connectivity index (χ4n) is 4.82. The Bertz CT molecular complexity index is 1120. The second kappa shape index (κ2) is 16.6. The molecule has 4 N–H and O–H groups in total. The number of hydrogen-bond donors (Lipinski definition) is 4. The van der Waals surface area contributed by atoms with Crippen LogP contribution in [0.15, 0.2) is 24.3 Å². The summed E-state index contributed by atoms with van der Waals surface area (Å²) in [5.74, 6) is 0.333. The lowest BCUT2D eigenvalue weighted by Gasteiger charge is -2.25. The highest BCUT2D eigenvalue weighted by atomic mass is 16.5. The average Bonchev–Trinajstić information content (AvgIpc) is 2.92. The normalized spacial score (nSPS) is 11.8. The zero-order chi connectivity index (χ0) is 32.2. The van der Waals surface area contributed by atoms with Gasteiger partial charge in [-0.15, -0.1) is 0 Å². The molecular formula is C35H54N2O6. The summed E-state index contributed by atoms with van der Waals surface area (Å²) in [7, 11) is 0. The molecule has 0 atom stereocenters. The lowest BCUT2D eigenvalue weighted by Crippen LogP contribution is -2.28. The number of rotatable bonds is 15. The third kappa shape index (κ3) is 11.7. The number of nitrogens with one attached hydrogen (secondary N) is 2. The molecule has 0 bridgehead atoms. The number of carbonyl (C=O) groups is 2. The Morgan fingerprint density at radius 1 is 0.744 bits per heavy atom. The molecule has 8 nitrogen and oxygen atoms in total. The molecule has 0 spiro atoms. The number of hydrogen-bond acceptors (Lipinski definition) is 6. The predicted octanol–water partition coefficient (Wildman–Crippen LogP) is 6.44. The molecule has 43 heavy (non-hydrogen) atoms. The number of phenolic OH excluding ortho intramolecular Hbond substituents is 2. The van der Waals surface area contributed by atoms with Crippen molar-refractivity contribution in [2.45, 2.75) is 105 Å². The number of benzene rings is 2. The first kappa shape index (κ1) is 35.9. The van der Waals surface area contributed by atoms with Gasteiger partial charge in [0, 0.05) is 19.5 Å². The average molecular weight is 599 g/mol. The Hall–Kier alpha value is -3.26. The van der Waals surface area contributed by atoms with Crippen LogP contribution >= 0.6 is 0 Å². The molecule has 0 unspecified atom stereocenters. The zero-order valence-corrected chi connectivity index (χ0v) is 27.6. The van der Waals surface area contributed by atoms with E-state index in [4.69, 9.17) is 9.47 Å². The fraction of sp³-hybridized carbons (Fsp3) is 0.600. The predicted molar refractivity (Wildman–Crippen MR) is 172 cm³/mol. The van der Waals surface area contributed by atoms with Crippen LogP contribution in [-0.2, 0) is 44.4 Å². The lowest BCUT2D eigenvalue weighted by atomic mass is 9.81. The van der Waals surface area contributed by atoms with E-state index in [-0.39, 0.29) is 34.8 Å². The summed E-state index contributed by atoms with van der Waals surface area (Å²) < 4.78 is 10.9. The van der Waals surface area contributed by atoms with Gasteiger partial charge < -0.3 is 30.3 Å². The van der Waals surface area contributed by atoms with Crippen LogP contribution in [0.25, 0.3) is 0 Å². The van der Waals surface area contributed by atoms with Crippen LogP contribution in [0.3, 0.4) is 0 Å². The van der Waals surface area contributed by atoms with E-state index < -0.39 is 6.09 Å². The van der Waals surface area contributed by atoms with E-state index in [0.29, 0.717) is 52.0 Å². The molecule has 2 aromatic rings. The number of aryl methyl sites for hydroxylation is 1. The van der Waals surface area contributed by atoms with Crippen molar-refractivity contribution in [1.82, 2.24) is 10.6 Å².